The maximum absolute atomic E-state index is 14.1. The number of nitrogens with zero attached hydrogens (tertiary/aromatic N) is 2. The van der Waals surface area contributed by atoms with Crippen LogP contribution in [0.1, 0.15) is 6.42 Å². The number of para-hydroxylation sites is 1. The van der Waals surface area contributed by atoms with Crippen molar-refractivity contribution >= 4 is 50.6 Å². The van der Waals surface area contributed by atoms with Crippen LogP contribution in [0.25, 0.3) is 22.2 Å². The maximum atomic E-state index is 14.1. The van der Waals surface area contributed by atoms with Gasteiger partial charge < -0.3 is 10.2 Å². The number of pyridine rings is 1. The Labute approximate surface area is 175 Å². The molecule has 0 radical (unpaired) electrons. The Morgan fingerprint density at radius 2 is 1.69 bits per heavy atom. The van der Waals surface area contributed by atoms with E-state index in [0.717, 1.165) is 36.1 Å². The normalized spacial score (nSPS) is 10.3. The molecule has 0 unspecified atom stereocenters. The second-order valence-corrected chi connectivity index (χ2v) is 6.14. The number of hydrogen-bond acceptors (Lipinski definition) is 3. The minimum Gasteiger partial charge on any atom is -0.384 e. The van der Waals surface area contributed by atoms with E-state index in [4.69, 9.17) is 0 Å². The number of nitrogens with one attached hydrogen (secondary N) is 1. The minimum absolute atomic E-state index is 0. The van der Waals surface area contributed by atoms with E-state index < -0.39 is 0 Å². The first-order valence-electron chi connectivity index (χ1n) is 8.18. The molecular weight excluding hydrogens is 461 g/mol. The summed E-state index contributed by atoms with van der Waals surface area (Å²) in [5.41, 5.74) is 3.05. The third kappa shape index (κ3) is 5.50. The third-order valence-electron chi connectivity index (χ3n) is 3.96. The number of anilines is 1. The first-order valence-corrected chi connectivity index (χ1v) is 8.18. The van der Waals surface area contributed by atoms with E-state index in [9.17, 15) is 4.39 Å². The SMILES string of the molecule is Br.Br.CN(C)CCCNc1cc(-c2ccccc2F)nc2ccccc12. The van der Waals surface area contributed by atoms with Crippen molar-refractivity contribution in [3.8, 4) is 11.3 Å². The fourth-order valence-electron chi connectivity index (χ4n) is 2.75. The molecule has 1 N–H and O–H groups in total. The summed E-state index contributed by atoms with van der Waals surface area (Å²) in [6.45, 7) is 1.89. The predicted octanol–water partition coefficient (Wildman–Crippen LogP) is 5.56. The number of fused-ring (bicyclic) bond motifs is 1. The zero-order valence-electron chi connectivity index (χ0n) is 14.9. The molecule has 0 aliphatic heterocycles. The molecule has 2 aromatic carbocycles. The molecule has 0 atom stereocenters. The van der Waals surface area contributed by atoms with Crippen LogP contribution in [-0.4, -0.2) is 37.1 Å². The van der Waals surface area contributed by atoms with Gasteiger partial charge in [-0.1, -0.05) is 30.3 Å². The number of benzene rings is 2. The van der Waals surface area contributed by atoms with E-state index in [1.54, 1.807) is 12.1 Å². The summed E-state index contributed by atoms with van der Waals surface area (Å²) in [5.74, 6) is -0.251. The Hall–Kier alpha value is -1.50. The molecule has 1 heterocycles. The standard InChI is InChI=1S/C20H22FN3.2BrH/c1-24(2)13-7-12-22-19-14-20(15-8-3-5-10-17(15)21)23-18-11-6-4-9-16(18)19;;/h3-6,8-11,14H,7,12-13H2,1-2H3,(H,22,23);2*1H. The molecule has 26 heavy (non-hydrogen) atoms. The highest BCUT2D eigenvalue weighted by Gasteiger charge is 2.10. The number of hydrogen-bond donors (Lipinski definition) is 1. The van der Waals surface area contributed by atoms with Gasteiger partial charge in [-0.25, -0.2) is 9.37 Å². The molecule has 3 rings (SSSR count). The van der Waals surface area contributed by atoms with E-state index >= 15 is 0 Å². The third-order valence-corrected chi connectivity index (χ3v) is 3.96. The number of rotatable bonds is 6. The number of halogens is 3. The van der Waals surface area contributed by atoms with Crippen molar-refractivity contribution in [3.63, 3.8) is 0 Å². The summed E-state index contributed by atoms with van der Waals surface area (Å²) in [5, 5.41) is 4.54. The molecule has 0 fully saturated rings. The lowest BCUT2D eigenvalue weighted by Crippen LogP contribution is -2.16. The molecule has 0 saturated carbocycles. The van der Waals surface area contributed by atoms with Crippen LogP contribution in [0, 0.1) is 5.82 Å². The molecule has 0 saturated heterocycles. The zero-order chi connectivity index (χ0) is 16.9. The van der Waals surface area contributed by atoms with Crippen molar-refractivity contribution in [1.29, 1.82) is 0 Å². The van der Waals surface area contributed by atoms with Gasteiger partial charge in [0.25, 0.3) is 0 Å². The van der Waals surface area contributed by atoms with Gasteiger partial charge in [0.2, 0.25) is 0 Å². The first kappa shape index (κ1) is 22.5. The van der Waals surface area contributed by atoms with Gasteiger partial charge >= 0.3 is 0 Å². The van der Waals surface area contributed by atoms with Crippen LogP contribution < -0.4 is 5.32 Å². The smallest absolute Gasteiger partial charge is 0.132 e. The van der Waals surface area contributed by atoms with Crippen LogP contribution in [0.4, 0.5) is 10.1 Å². The topological polar surface area (TPSA) is 28.2 Å². The lowest BCUT2D eigenvalue weighted by molar-refractivity contribution is 0.405. The van der Waals surface area contributed by atoms with E-state index in [1.165, 1.54) is 6.07 Å². The van der Waals surface area contributed by atoms with Crippen LogP contribution in [0.5, 0.6) is 0 Å². The van der Waals surface area contributed by atoms with Gasteiger partial charge in [-0.05, 0) is 51.3 Å². The van der Waals surface area contributed by atoms with Crippen molar-refractivity contribution in [2.24, 2.45) is 0 Å². The lowest BCUT2D eigenvalue weighted by atomic mass is 10.1. The molecule has 1 aromatic heterocycles. The first-order chi connectivity index (χ1) is 11.6. The molecule has 3 nitrogen and oxygen atoms in total. The fourth-order valence-corrected chi connectivity index (χ4v) is 2.75. The van der Waals surface area contributed by atoms with Crippen LogP contribution in [0.15, 0.2) is 54.6 Å². The van der Waals surface area contributed by atoms with Gasteiger partial charge in [0, 0.05) is 23.2 Å². The largest absolute Gasteiger partial charge is 0.384 e. The summed E-state index contributed by atoms with van der Waals surface area (Å²) in [7, 11) is 4.14. The van der Waals surface area contributed by atoms with Crippen molar-refractivity contribution in [1.82, 2.24) is 9.88 Å². The van der Waals surface area contributed by atoms with Crippen molar-refractivity contribution < 1.29 is 4.39 Å². The predicted molar refractivity (Wildman–Crippen MR) is 119 cm³/mol. The Bertz CT molecular complexity index is 840. The van der Waals surface area contributed by atoms with Gasteiger partial charge in [-0.2, -0.15) is 0 Å². The highest BCUT2D eigenvalue weighted by Crippen LogP contribution is 2.29. The molecule has 0 bridgehead atoms. The Kier molecular flexibility index (Phi) is 9.19. The van der Waals surface area contributed by atoms with Crippen LogP contribution in [0.3, 0.4) is 0 Å². The maximum Gasteiger partial charge on any atom is 0.132 e. The molecule has 0 aliphatic rings. The highest BCUT2D eigenvalue weighted by atomic mass is 79.9. The minimum atomic E-state index is -0.251. The Morgan fingerprint density at radius 1 is 1.00 bits per heavy atom. The average molecular weight is 485 g/mol. The molecule has 6 heteroatoms. The number of aromatic nitrogens is 1. The molecule has 140 valence electrons. The molecule has 0 amide bonds. The fraction of sp³-hybridized carbons (Fsp3) is 0.250. The van der Waals surface area contributed by atoms with Crippen LogP contribution >= 0.6 is 34.0 Å². The summed E-state index contributed by atoms with van der Waals surface area (Å²) in [6.07, 6.45) is 1.04. The quantitative estimate of drug-likeness (QED) is 0.464. The summed E-state index contributed by atoms with van der Waals surface area (Å²) in [6, 6.07) is 16.7. The van der Waals surface area contributed by atoms with Crippen molar-refractivity contribution in [3.05, 3.63) is 60.4 Å². The molecular formula is C20H24Br2FN3. The van der Waals surface area contributed by atoms with Gasteiger partial charge in [0.05, 0.1) is 11.2 Å². The second kappa shape index (κ2) is 10.6. The average Bonchev–Trinajstić information content (AvgIpc) is 2.58. The van der Waals surface area contributed by atoms with E-state index in [-0.39, 0.29) is 39.8 Å². The lowest BCUT2D eigenvalue weighted by Gasteiger charge is -2.14. The van der Waals surface area contributed by atoms with Gasteiger partial charge in [-0.15, -0.1) is 34.0 Å². The zero-order valence-corrected chi connectivity index (χ0v) is 18.3. The second-order valence-electron chi connectivity index (χ2n) is 6.14. The molecule has 0 aliphatic carbocycles. The Balaban J connectivity index is 0.00000169. The van der Waals surface area contributed by atoms with Crippen molar-refractivity contribution in [2.45, 2.75) is 6.42 Å². The monoisotopic (exact) mass is 483 g/mol. The van der Waals surface area contributed by atoms with E-state index in [1.807, 2.05) is 36.4 Å². The van der Waals surface area contributed by atoms with Crippen LogP contribution in [0.2, 0.25) is 0 Å². The van der Waals surface area contributed by atoms with E-state index in [2.05, 4.69) is 29.3 Å². The van der Waals surface area contributed by atoms with Crippen molar-refractivity contribution in [2.75, 3.05) is 32.5 Å². The highest BCUT2D eigenvalue weighted by molar-refractivity contribution is 8.93. The summed E-state index contributed by atoms with van der Waals surface area (Å²) < 4.78 is 14.1. The van der Waals surface area contributed by atoms with Gasteiger partial charge in [-0.3, -0.25) is 0 Å². The van der Waals surface area contributed by atoms with Gasteiger partial charge in [0.1, 0.15) is 5.82 Å². The van der Waals surface area contributed by atoms with Gasteiger partial charge in [0.15, 0.2) is 0 Å². The van der Waals surface area contributed by atoms with Crippen LogP contribution in [-0.2, 0) is 0 Å². The molecule has 0 spiro atoms. The summed E-state index contributed by atoms with van der Waals surface area (Å²) in [4.78, 5) is 6.80. The summed E-state index contributed by atoms with van der Waals surface area (Å²) >= 11 is 0. The van der Waals surface area contributed by atoms with E-state index in [0.29, 0.717) is 11.3 Å². The Morgan fingerprint density at radius 3 is 2.42 bits per heavy atom. The molecule has 3 aromatic rings.